The van der Waals surface area contributed by atoms with Crippen molar-refractivity contribution in [2.75, 3.05) is 39.0 Å². The molecule has 1 amide bonds. The molecule has 19 heavy (non-hydrogen) atoms. The van der Waals surface area contributed by atoms with E-state index in [1.165, 1.54) is 0 Å². The van der Waals surface area contributed by atoms with E-state index in [1.54, 1.807) is 0 Å². The van der Waals surface area contributed by atoms with Crippen molar-refractivity contribution in [3.8, 4) is 0 Å². The fourth-order valence-electron chi connectivity index (χ4n) is 2.31. The third-order valence-electron chi connectivity index (χ3n) is 3.83. The fraction of sp³-hybridized carbons (Fsp3) is 0.533. The smallest absolute Gasteiger partial charge is 0.222 e. The van der Waals surface area contributed by atoms with E-state index in [0.29, 0.717) is 6.42 Å². The van der Waals surface area contributed by atoms with E-state index in [2.05, 4.69) is 18.0 Å². The number of carbonyl (C=O) groups excluding carboxylic acids is 1. The predicted octanol–water partition coefficient (Wildman–Crippen LogP) is 1.28. The first kappa shape index (κ1) is 13.9. The Balaban J connectivity index is 1.84. The Labute approximate surface area is 115 Å². The number of likely N-dealkylation sites (N-methyl/N-ethyl adjacent to an activating group) is 1. The van der Waals surface area contributed by atoms with Gasteiger partial charge < -0.3 is 15.5 Å². The number of carbonyl (C=O) groups is 1. The van der Waals surface area contributed by atoms with Crippen LogP contribution in [0.2, 0.25) is 0 Å². The molecule has 4 heteroatoms. The third-order valence-corrected chi connectivity index (χ3v) is 3.83. The van der Waals surface area contributed by atoms with Gasteiger partial charge in [-0.25, -0.2) is 0 Å². The van der Waals surface area contributed by atoms with Crippen LogP contribution in [0.25, 0.3) is 0 Å². The molecule has 0 aromatic heterocycles. The molecule has 0 spiro atoms. The second kappa shape index (κ2) is 6.06. The monoisotopic (exact) mass is 261 g/mol. The van der Waals surface area contributed by atoms with E-state index in [-0.39, 0.29) is 5.91 Å². The average molecular weight is 261 g/mol. The Morgan fingerprint density at radius 3 is 2.58 bits per heavy atom. The molecule has 0 atom stereocenters. The fourth-order valence-corrected chi connectivity index (χ4v) is 2.31. The molecule has 0 radical (unpaired) electrons. The van der Waals surface area contributed by atoms with Crippen molar-refractivity contribution < 1.29 is 4.79 Å². The highest BCUT2D eigenvalue weighted by atomic mass is 16.2. The Hall–Kier alpha value is -1.55. The maximum absolute atomic E-state index is 12.1. The van der Waals surface area contributed by atoms with Crippen molar-refractivity contribution >= 4 is 11.6 Å². The summed E-state index contributed by atoms with van der Waals surface area (Å²) in [6.07, 6.45) is 1.35. The Bertz CT molecular complexity index is 451. The molecule has 1 saturated heterocycles. The molecule has 0 saturated carbocycles. The molecule has 2 rings (SSSR count). The lowest BCUT2D eigenvalue weighted by Gasteiger charge is -2.32. The van der Waals surface area contributed by atoms with Gasteiger partial charge in [0.15, 0.2) is 0 Å². The van der Waals surface area contributed by atoms with Crippen LogP contribution in [0, 0.1) is 6.92 Å². The first-order valence-corrected chi connectivity index (χ1v) is 6.87. The quantitative estimate of drug-likeness (QED) is 0.834. The van der Waals surface area contributed by atoms with Gasteiger partial charge in [-0.3, -0.25) is 4.79 Å². The zero-order valence-electron chi connectivity index (χ0n) is 11.9. The van der Waals surface area contributed by atoms with Gasteiger partial charge in [0.05, 0.1) is 0 Å². The van der Waals surface area contributed by atoms with Gasteiger partial charge in [-0.05, 0) is 37.6 Å². The van der Waals surface area contributed by atoms with Crippen LogP contribution in [-0.4, -0.2) is 48.9 Å². The second-order valence-corrected chi connectivity index (χ2v) is 5.38. The molecule has 1 fully saturated rings. The highest BCUT2D eigenvalue weighted by Crippen LogP contribution is 2.15. The molecule has 104 valence electrons. The van der Waals surface area contributed by atoms with E-state index in [9.17, 15) is 4.79 Å². The van der Waals surface area contributed by atoms with Gasteiger partial charge in [0.1, 0.15) is 0 Å². The Morgan fingerprint density at radius 1 is 1.26 bits per heavy atom. The summed E-state index contributed by atoms with van der Waals surface area (Å²) in [6.45, 7) is 5.65. The molecule has 4 nitrogen and oxygen atoms in total. The van der Waals surface area contributed by atoms with Gasteiger partial charge in [0, 0.05) is 38.3 Å². The van der Waals surface area contributed by atoms with Crippen LogP contribution in [0.5, 0.6) is 0 Å². The van der Waals surface area contributed by atoms with E-state index >= 15 is 0 Å². The van der Waals surface area contributed by atoms with Crippen LogP contribution >= 0.6 is 0 Å². The number of amides is 1. The number of hydrogen-bond donors (Lipinski definition) is 1. The number of nitrogen functional groups attached to an aromatic ring is 1. The SMILES string of the molecule is Cc1ccc(CCC(=O)N2CCN(C)CC2)cc1N. The van der Waals surface area contributed by atoms with E-state index in [4.69, 9.17) is 5.73 Å². The third kappa shape index (κ3) is 3.70. The summed E-state index contributed by atoms with van der Waals surface area (Å²) in [6, 6.07) is 6.06. The number of benzene rings is 1. The number of hydrogen-bond acceptors (Lipinski definition) is 3. The summed E-state index contributed by atoms with van der Waals surface area (Å²) in [5.74, 6) is 0.257. The zero-order valence-corrected chi connectivity index (χ0v) is 11.9. The van der Waals surface area contributed by atoms with Gasteiger partial charge in [-0.2, -0.15) is 0 Å². The lowest BCUT2D eigenvalue weighted by atomic mass is 10.1. The van der Waals surface area contributed by atoms with Crippen LogP contribution in [0.15, 0.2) is 18.2 Å². The van der Waals surface area contributed by atoms with Crippen LogP contribution in [0.1, 0.15) is 17.5 Å². The highest BCUT2D eigenvalue weighted by molar-refractivity contribution is 5.76. The molecule has 1 aromatic carbocycles. The molecule has 0 unspecified atom stereocenters. The van der Waals surface area contributed by atoms with E-state index in [1.807, 2.05) is 24.0 Å². The van der Waals surface area contributed by atoms with Gasteiger partial charge in [0.2, 0.25) is 5.91 Å². The van der Waals surface area contributed by atoms with Crippen molar-refractivity contribution in [3.05, 3.63) is 29.3 Å². The van der Waals surface area contributed by atoms with Crippen molar-refractivity contribution in [2.24, 2.45) is 0 Å². The summed E-state index contributed by atoms with van der Waals surface area (Å²) in [5, 5.41) is 0. The van der Waals surface area contributed by atoms with Crippen LogP contribution in [0.3, 0.4) is 0 Å². The van der Waals surface area contributed by atoms with Crippen molar-refractivity contribution in [1.29, 1.82) is 0 Å². The lowest BCUT2D eigenvalue weighted by molar-refractivity contribution is -0.132. The van der Waals surface area contributed by atoms with Crippen LogP contribution < -0.4 is 5.73 Å². The number of nitrogens with zero attached hydrogens (tertiary/aromatic N) is 2. The minimum atomic E-state index is 0.257. The minimum Gasteiger partial charge on any atom is -0.399 e. The molecule has 1 heterocycles. The van der Waals surface area contributed by atoms with Crippen LogP contribution in [0.4, 0.5) is 5.69 Å². The number of anilines is 1. The summed E-state index contributed by atoms with van der Waals surface area (Å²) in [7, 11) is 2.09. The van der Waals surface area contributed by atoms with Crippen molar-refractivity contribution in [3.63, 3.8) is 0 Å². The first-order valence-electron chi connectivity index (χ1n) is 6.87. The van der Waals surface area contributed by atoms with Gasteiger partial charge in [0.25, 0.3) is 0 Å². The second-order valence-electron chi connectivity index (χ2n) is 5.38. The van der Waals surface area contributed by atoms with Gasteiger partial charge >= 0.3 is 0 Å². The van der Waals surface area contributed by atoms with Gasteiger partial charge in [-0.1, -0.05) is 12.1 Å². The van der Waals surface area contributed by atoms with Crippen molar-refractivity contribution in [1.82, 2.24) is 9.80 Å². The number of piperazine rings is 1. The minimum absolute atomic E-state index is 0.257. The van der Waals surface area contributed by atoms with Gasteiger partial charge in [-0.15, -0.1) is 0 Å². The maximum Gasteiger partial charge on any atom is 0.222 e. The summed E-state index contributed by atoms with van der Waals surface area (Å²) < 4.78 is 0. The van der Waals surface area contributed by atoms with Crippen LogP contribution in [-0.2, 0) is 11.2 Å². The molecule has 1 aliphatic rings. The molecule has 2 N–H and O–H groups in total. The van der Waals surface area contributed by atoms with E-state index in [0.717, 1.165) is 49.4 Å². The normalized spacial score (nSPS) is 16.6. The maximum atomic E-state index is 12.1. The first-order chi connectivity index (χ1) is 9.06. The Kier molecular flexibility index (Phi) is 4.43. The van der Waals surface area contributed by atoms with Crippen molar-refractivity contribution in [2.45, 2.75) is 19.8 Å². The largest absolute Gasteiger partial charge is 0.399 e. The summed E-state index contributed by atoms with van der Waals surface area (Å²) in [5.41, 5.74) is 8.93. The Morgan fingerprint density at radius 2 is 1.95 bits per heavy atom. The molecule has 0 bridgehead atoms. The molecular weight excluding hydrogens is 238 g/mol. The highest BCUT2D eigenvalue weighted by Gasteiger charge is 2.18. The number of aryl methyl sites for hydroxylation is 2. The lowest BCUT2D eigenvalue weighted by Crippen LogP contribution is -2.47. The summed E-state index contributed by atoms with van der Waals surface area (Å²) >= 11 is 0. The predicted molar refractivity (Wildman–Crippen MR) is 78.0 cm³/mol. The summed E-state index contributed by atoms with van der Waals surface area (Å²) in [4.78, 5) is 16.3. The standard InChI is InChI=1S/C15H23N3O/c1-12-3-4-13(11-14(12)16)5-6-15(19)18-9-7-17(2)8-10-18/h3-4,11H,5-10,16H2,1-2H3. The van der Waals surface area contributed by atoms with E-state index < -0.39 is 0 Å². The zero-order chi connectivity index (χ0) is 13.8. The molecule has 1 aromatic rings. The topological polar surface area (TPSA) is 49.6 Å². The molecule has 0 aliphatic carbocycles. The molecular formula is C15H23N3O. The average Bonchev–Trinajstić information content (AvgIpc) is 2.40. The molecule has 1 aliphatic heterocycles. The number of rotatable bonds is 3. The number of nitrogens with two attached hydrogens (primary N) is 1.